The summed E-state index contributed by atoms with van der Waals surface area (Å²) in [6, 6.07) is 17.0. The van der Waals surface area contributed by atoms with E-state index in [4.69, 9.17) is 14.2 Å². The van der Waals surface area contributed by atoms with Crippen molar-refractivity contribution in [1.29, 1.82) is 0 Å². The van der Waals surface area contributed by atoms with E-state index in [2.05, 4.69) is 11.7 Å². The van der Waals surface area contributed by atoms with E-state index in [0.29, 0.717) is 19.4 Å². The number of benzene rings is 3. The molecule has 11 heteroatoms. The molecule has 0 aliphatic rings. The van der Waals surface area contributed by atoms with E-state index in [1.807, 2.05) is 24.3 Å². The zero-order chi connectivity index (χ0) is 35.5. The molecule has 1 unspecified atom stereocenters. The highest BCUT2D eigenvalue weighted by molar-refractivity contribution is 5.92. The first-order valence-electron chi connectivity index (χ1n) is 16.9. The number of carbonyl (C=O) groups excluding carboxylic acids is 2. The van der Waals surface area contributed by atoms with Crippen LogP contribution in [0.25, 0.3) is 11.1 Å². The molecule has 0 N–H and O–H groups in total. The van der Waals surface area contributed by atoms with Gasteiger partial charge in [0.25, 0.3) is 0 Å². The number of esters is 2. The van der Waals surface area contributed by atoms with Crippen molar-refractivity contribution in [1.82, 2.24) is 0 Å². The highest BCUT2D eigenvalue weighted by Gasteiger charge is 2.42. The van der Waals surface area contributed by atoms with Gasteiger partial charge in [0, 0.05) is 12.7 Å². The molecule has 0 saturated heterocycles. The molecule has 0 aliphatic carbocycles. The Kier molecular flexibility index (Phi) is 17.0. The lowest BCUT2D eigenvalue weighted by Gasteiger charge is -2.21. The molecule has 0 radical (unpaired) electrons. The number of alkyl halides is 4. The maximum Gasteiger partial charge on any atom is 0.425 e. The molecule has 0 spiro atoms. The summed E-state index contributed by atoms with van der Waals surface area (Å²) in [6.45, 7) is 2.36. The monoisotopic (exact) mass is 692 g/mol. The Morgan fingerprint density at radius 3 is 1.92 bits per heavy atom. The van der Waals surface area contributed by atoms with Gasteiger partial charge in [-0.1, -0.05) is 76.1 Å². The highest BCUT2D eigenvalue weighted by Crippen LogP contribution is 2.29. The zero-order valence-corrected chi connectivity index (χ0v) is 27.9. The molecule has 0 heterocycles. The minimum atomic E-state index is -4.85. The van der Waals surface area contributed by atoms with Crippen LogP contribution in [-0.2, 0) is 9.47 Å². The zero-order valence-electron chi connectivity index (χ0n) is 27.9. The van der Waals surface area contributed by atoms with Gasteiger partial charge in [-0.25, -0.2) is 18.4 Å². The van der Waals surface area contributed by atoms with Gasteiger partial charge in [0.05, 0.1) is 24.3 Å². The average molecular weight is 693 g/mol. The van der Waals surface area contributed by atoms with Crippen molar-refractivity contribution in [2.24, 2.45) is 0 Å². The van der Waals surface area contributed by atoms with E-state index < -0.39 is 48.7 Å². The maximum absolute atomic E-state index is 14.8. The third-order valence-electron chi connectivity index (χ3n) is 7.79. The third-order valence-corrected chi connectivity index (χ3v) is 7.79. The number of unbranched alkanes of at least 4 members (excludes halogenated alkanes) is 8. The predicted octanol–water partition coefficient (Wildman–Crippen LogP) is 10.5. The van der Waals surface area contributed by atoms with Crippen molar-refractivity contribution in [3.63, 3.8) is 0 Å². The van der Waals surface area contributed by atoms with Crippen LogP contribution in [0, 0.1) is 5.82 Å². The highest BCUT2D eigenvalue weighted by atomic mass is 19.4. The summed E-state index contributed by atoms with van der Waals surface area (Å²) in [5.41, 5.74) is 1.22. The van der Waals surface area contributed by atoms with Crippen LogP contribution in [-0.4, -0.2) is 50.7 Å². The van der Waals surface area contributed by atoms with E-state index in [1.165, 1.54) is 32.1 Å². The number of ether oxygens (including phenoxy) is 4. The number of halogens is 5. The van der Waals surface area contributed by atoms with Gasteiger partial charge in [0.2, 0.25) is 0 Å². The van der Waals surface area contributed by atoms with E-state index in [1.54, 1.807) is 24.3 Å². The Labute approximate surface area is 284 Å². The summed E-state index contributed by atoms with van der Waals surface area (Å²) >= 11 is 0. The molecule has 1 atom stereocenters. The van der Waals surface area contributed by atoms with Gasteiger partial charge in [0.15, 0.2) is 6.10 Å². The minimum absolute atomic E-state index is 0.0649. The van der Waals surface area contributed by atoms with Gasteiger partial charge in [0.1, 0.15) is 24.0 Å². The Bertz CT molecular complexity index is 1410. The fraction of sp³-hybridized carbons (Fsp3) is 0.474. The Hall–Kier alpha value is -3.99. The molecule has 268 valence electrons. The van der Waals surface area contributed by atoms with Crippen molar-refractivity contribution < 1.29 is 50.5 Å². The second-order valence-corrected chi connectivity index (χ2v) is 11.7. The van der Waals surface area contributed by atoms with Crippen LogP contribution in [0.15, 0.2) is 66.7 Å². The quantitative estimate of drug-likeness (QED) is 0.0452. The van der Waals surface area contributed by atoms with Crippen molar-refractivity contribution in [2.75, 3.05) is 26.5 Å². The van der Waals surface area contributed by atoms with Gasteiger partial charge in [-0.2, -0.15) is 13.2 Å². The molecule has 0 amide bonds. The number of carbonyl (C=O) groups is 2. The molecule has 0 aliphatic heterocycles. The Morgan fingerprint density at radius 1 is 0.694 bits per heavy atom. The maximum atomic E-state index is 14.8. The topological polar surface area (TPSA) is 71.1 Å². The Balaban J connectivity index is 1.48. The first-order valence-corrected chi connectivity index (χ1v) is 16.9. The summed E-state index contributed by atoms with van der Waals surface area (Å²) in [7, 11) is 0. The lowest BCUT2D eigenvalue weighted by Crippen LogP contribution is -2.34. The fourth-order valence-electron chi connectivity index (χ4n) is 5.03. The van der Waals surface area contributed by atoms with Crippen molar-refractivity contribution in [3.8, 4) is 22.6 Å². The molecular formula is C38H45F5O6. The van der Waals surface area contributed by atoms with Crippen LogP contribution in [0.4, 0.5) is 22.0 Å². The normalized spacial score (nSPS) is 12.0. The van der Waals surface area contributed by atoms with Crippen molar-refractivity contribution in [2.45, 2.75) is 89.8 Å². The lowest BCUT2D eigenvalue weighted by molar-refractivity contribution is -0.206. The molecule has 0 fully saturated rings. The molecule has 0 bridgehead atoms. The number of rotatable bonds is 22. The van der Waals surface area contributed by atoms with E-state index >= 15 is 0 Å². The molecule has 3 rings (SSSR count). The Morgan fingerprint density at radius 2 is 1.29 bits per heavy atom. The van der Waals surface area contributed by atoms with Gasteiger partial charge < -0.3 is 18.9 Å². The predicted molar refractivity (Wildman–Crippen MR) is 177 cm³/mol. The third kappa shape index (κ3) is 14.2. The van der Waals surface area contributed by atoms with Crippen molar-refractivity contribution >= 4 is 11.9 Å². The fourth-order valence-corrected chi connectivity index (χ4v) is 5.03. The van der Waals surface area contributed by atoms with Crippen LogP contribution < -0.4 is 9.47 Å². The average Bonchev–Trinajstić information content (AvgIpc) is 3.08. The lowest BCUT2D eigenvalue weighted by atomic mass is 10.0. The summed E-state index contributed by atoms with van der Waals surface area (Å²) < 4.78 is 87.8. The molecule has 3 aromatic carbocycles. The van der Waals surface area contributed by atoms with Crippen LogP contribution in [0.1, 0.15) is 98.3 Å². The van der Waals surface area contributed by atoms with Crippen LogP contribution in [0.2, 0.25) is 0 Å². The molecule has 6 nitrogen and oxygen atoms in total. The number of hydrogen-bond acceptors (Lipinski definition) is 6. The summed E-state index contributed by atoms with van der Waals surface area (Å²) in [6.07, 6.45) is 1.50. The summed E-state index contributed by atoms with van der Waals surface area (Å²) in [4.78, 5) is 25.1. The second-order valence-electron chi connectivity index (χ2n) is 11.7. The molecule has 0 saturated carbocycles. The van der Waals surface area contributed by atoms with E-state index in [9.17, 15) is 31.5 Å². The molecular weight excluding hydrogens is 647 g/mol. The van der Waals surface area contributed by atoms with Crippen LogP contribution in [0.5, 0.6) is 11.5 Å². The van der Waals surface area contributed by atoms with Gasteiger partial charge in [-0.15, -0.1) is 0 Å². The molecule has 0 aromatic heterocycles. The van der Waals surface area contributed by atoms with Gasteiger partial charge in [-0.05, 0) is 73.2 Å². The summed E-state index contributed by atoms with van der Waals surface area (Å²) in [5, 5.41) is 0. The van der Waals surface area contributed by atoms with E-state index in [-0.39, 0.29) is 30.9 Å². The smallest absolute Gasteiger partial charge is 0.425 e. The first kappa shape index (κ1) is 39.4. The van der Waals surface area contributed by atoms with Crippen molar-refractivity contribution in [3.05, 3.63) is 83.7 Å². The van der Waals surface area contributed by atoms with Crippen LogP contribution in [0.3, 0.4) is 0 Å². The van der Waals surface area contributed by atoms with Gasteiger partial charge in [-0.3, -0.25) is 0 Å². The SMILES string of the molecule is CCCCCCCCCOc1ccc(-c2ccc(C(=O)Oc3ccc(C(=O)OC(CCCCCOCCF)C(F)(F)F)c(F)c3)cc2)cc1. The van der Waals surface area contributed by atoms with Crippen LogP contribution >= 0.6 is 0 Å². The van der Waals surface area contributed by atoms with E-state index in [0.717, 1.165) is 47.9 Å². The summed E-state index contributed by atoms with van der Waals surface area (Å²) in [5.74, 6) is -2.94. The minimum Gasteiger partial charge on any atom is -0.494 e. The van der Waals surface area contributed by atoms with Gasteiger partial charge >= 0.3 is 18.1 Å². The standard InChI is InChI=1S/C38H45F5O6/c1-2-3-4-5-6-7-11-25-47-31-19-17-29(18-20-31)28-13-15-30(16-14-28)36(44)48-32-21-22-33(34(40)27-32)37(45)49-35(38(41,42)43)12-9-8-10-24-46-26-23-39/h13-22,27,35H,2-12,23-26H2,1H3. The second kappa shape index (κ2) is 21.2. The molecule has 3 aromatic rings. The largest absolute Gasteiger partial charge is 0.494 e. The first-order chi connectivity index (χ1) is 23.6. The number of hydrogen-bond donors (Lipinski definition) is 0. The molecule has 49 heavy (non-hydrogen) atoms.